The lowest BCUT2D eigenvalue weighted by atomic mass is 10.2. The monoisotopic (exact) mass is 212 g/mol. The second kappa shape index (κ2) is 5.54. The third-order valence-corrected chi connectivity index (χ3v) is 1.99. The van der Waals surface area contributed by atoms with Crippen LogP contribution in [0.5, 0.6) is 5.75 Å². The molecule has 0 spiro atoms. The first-order valence-electron chi connectivity index (χ1n) is 4.31. The van der Waals surface area contributed by atoms with Crippen LogP contribution in [-0.2, 0) is 0 Å². The number of hydrogen-bond donors (Lipinski definition) is 2. The van der Waals surface area contributed by atoms with Gasteiger partial charge in [-0.15, -0.1) is 0 Å². The molecule has 0 unspecified atom stereocenters. The van der Waals surface area contributed by atoms with E-state index in [0.29, 0.717) is 12.4 Å². The Balaban J connectivity index is 2.69. The quantitative estimate of drug-likeness (QED) is 0.580. The van der Waals surface area contributed by atoms with Gasteiger partial charge < -0.3 is 9.84 Å². The first-order valence-corrected chi connectivity index (χ1v) is 4.95. The third kappa shape index (κ3) is 2.96. The molecule has 4 heteroatoms. The molecule has 0 heterocycles. The van der Waals surface area contributed by atoms with Crippen molar-refractivity contribution in [2.24, 2.45) is 0 Å². The van der Waals surface area contributed by atoms with Crippen LogP contribution in [0.15, 0.2) is 24.3 Å². The largest absolute Gasteiger partial charge is 0.493 e. The Morgan fingerprint density at radius 3 is 2.79 bits per heavy atom. The van der Waals surface area contributed by atoms with Crippen LogP contribution in [0.3, 0.4) is 0 Å². The van der Waals surface area contributed by atoms with Gasteiger partial charge >= 0.3 is 5.97 Å². The van der Waals surface area contributed by atoms with E-state index in [9.17, 15) is 4.79 Å². The fraction of sp³-hybridized carbons (Fsp3) is 0.300. The number of ether oxygens (including phenoxy) is 1. The van der Waals surface area contributed by atoms with E-state index in [1.54, 1.807) is 18.2 Å². The SMILES string of the molecule is O=C(O)c1ccccc1OCCCS. The molecule has 1 rings (SSSR count). The molecule has 3 nitrogen and oxygen atoms in total. The van der Waals surface area contributed by atoms with Gasteiger partial charge in [0.2, 0.25) is 0 Å². The summed E-state index contributed by atoms with van der Waals surface area (Å²) in [5.41, 5.74) is 0.201. The molecule has 1 aromatic rings. The normalized spacial score (nSPS) is 9.79. The number of carboxylic acids is 1. The van der Waals surface area contributed by atoms with Crippen molar-refractivity contribution >= 4 is 18.6 Å². The molecule has 0 atom stereocenters. The first kappa shape index (κ1) is 10.9. The van der Waals surface area contributed by atoms with Gasteiger partial charge in [-0.2, -0.15) is 12.6 Å². The van der Waals surface area contributed by atoms with Gasteiger partial charge in [-0.3, -0.25) is 0 Å². The van der Waals surface area contributed by atoms with Gasteiger partial charge in [0.25, 0.3) is 0 Å². The molecule has 1 aromatic carbocycles. The van der Waals surface area contributed by atoms with Gasteiger partial charge in [0.15, 0.2) is 0 Å². The van der Waals surface area contributed by atoms with E-state index in [2.05, 4.69) is 12.6 Å². The predicted molar refractivity (Wildman–Crippen MR) is 57.4 cm³/mol. The number of rotatable bonds is 5. The molecule has 1 N–H and O–H groups in total. The van der Waals surface area contributed by atoms with Crippen molar-refractivity contribution in [3.05, 3.63) is 29.8 Å². The summed E-state index contributed by atoms with van der Waals surface area (Å²) in [5.74, 6) is 0.183. The fourth-order valence-electron chi connectivity index (χ4n) is 1.02. The number of thiol groups is 1. The minimum atomic E-state index is -0.966. The lowest BCUT2D eigenvalue weighted by Crippen LogP contribution is -2.04. The number of benzene rings is 1. The van der Waals surface area contributed by atoms with E-state index in [4.69, 9.17) is 9.84 Å². The van der Waals surface area contributed by atoms with Gasteiger partial charge in [0, 0.05) is 0 Å². The first-order chi connectivity index (χ1) is 6.75. The number of carbonyl (C=O) groups is 1. The van der Waals surface area contributed by atoms with Crippen molar-refractivity contribution in [2.75, 3.05) is 12.4 Å². The topological polar surface area (TPSA) is 46.5 Å². The highest BCUT2D eigenvalue weighted by Crippen LogP contribution is 2.17. The number of para-hydroxylation sites is 1. The maximum Gasteiger partial charge on any atom is 0.339 e. The van der Waals surface area contributed by atoms with Crippen LogP contribution in [0.2, 0.25) is 0 Å². The lowest BCUT2D eigenvalue weighted by Gasteiger charge is -2.07. The number of carboxylic acid groups (broad SMARTS) is 1. The summed E-state index contributed by atoms with van der Waals surface area (Å²) in [6, 6.07) is 6.61. The summed E-state index contributed by atoms with van der Waals surface area (Å²) in [7, 11) is 0. The molecule has 14 heavy (non-hydrogen) atoms. The van der Waals surface area contributed by atoms with Crippen molar-refractivity contribution in [3.8, 4) is 5.75 Å². The molecule has 0 saturated heterocycles. The molecule has 0 aliphatic rings. The van der Waals surface area contributed by atoms with Gasteiger partial charge in [-0.05, 0) is 24.3 Å². The molecule has 0 bridgehead atoms. The highest BCUT2D eigenvalue weighted by Gasteiger charge is 2.09. The van der Waals surface area contributed by atoms with Crippen LogP contribution in [0, 0.1) is 0 Å². The standard InChI is InChI=1S/C10H12O3S/c11-10(12)8-4-1-2-5-9(8)13-6-3-7-14/h1-2,4-5,14H,3,6-7H2,(H,11,12). The second-order valence-corrected chi connectivity index (χ2v) is 3.17. The molecule has 0 radical (unpaired) electrons. The van der Waals surface area contributed by atoms with Crippen LogP contribution >= 0.6 is 12.6 Å². The van der Waals surface area contributed by atoms with E-state index in [1.165, 1.54) is 6.07 Å². The molecule has 0 aliphatic carbocycles. The van der Waals surface area contributed by atoms with Gasteiger partial charge in [0.05, 0.1) is 6.61 Å². The number of aromatic carboxylic acids is 1. The fourth-order valence-corrected chi connectivity index (χ4v) is 1.14. The Morgan fingerprint density at radius 1 is 1.43 bits per heavy atom. The van der Waals surface area contributed by atoms with Crippen LogP contribution in [-0.4, -0.2) is 23.4 Å². The van der Waals surface area contributed by atoms with Crippen LogP contribution < -0.4 is 4.74 Å². The molecule has 0 aromatic heterocycles. The Labute approximate surface area is 88.1 Å². The highest BCUT2D eigenvalue weighted by molar-refractivity contribution is 7.80. The maximum absolute atomic E-state index is 10.8. The van der Waals surface area contributed by atoms with E-state index < -0.39 is 5.97 Å². The molecule has 0 aliphatic heterocycles. The van der Waals surface area contributed by atoms with Crippen molar-refractivity contribution < 1.29 is 14.6 Å². The van der Waals surface area contributed by atoms with Crippen LogP contribution in [0.4, 0.5) is 0 Å². The zero-order valence-electron chi connectivity index (χ0n) is 7.64. The average molecular weight is 212 g/mol. The number of hydrogen-bond acceptors (Lipinski definition) is 3. The highest BCUT2D eigenvalue weighted by atomic mass is 32.1. The molecule has 76 valence electrons. The van der Waals surface area contributed by atoms with Crippen molar-refractivity contribution in [1.82, 2.24) is 0 Å². The summed E-state index contributed by atoms with van der Waals surface area (Å²) < 4.78 is 5.31. The summed E-state index contributed by atoms with van der Waals surface area (Å²) in [6.07, 6.45) is 0.803. The zero-order chi connectivity index (χ0) is 10.4. The van der Waals surface area contributed by atoms with E-state index >= 15 is 0 Å². The zero-order valence-corrected chi connectivity index (χ0v) is 8.54. The minimum Gasteiger partial charge on any atom is -0.493 e. The summed E-state index contributed by atoms with van der Waals surface area (Å²) in [6.45, 7) is 0.494. The molecular weight excluding hydrogens is 200 g/mol. The minimum absolute atomic E-state index is 0.201. The second-order valence-electron chi connectivity index (χ2n) is 2.73. The predicted octanol–water partition coefficient (Wildman–Crippen LogP) is 2.08. The summed E-state index contributed by atoms with van der Waals surface area (Å²) >= 11 is 4.04. The Morgan fingerprint density at radius 2 is 2.14 bits per heavy atom. The Bertz CT molecular complexity index is 312. The van der Waals surface area contributed by atoms with Gasteiger partial charge in [-0.25, -0.2) is 4.79 Å². The van der Waals surface area contributed by atoms with E-state index in [0.717, 1.165) is 12.2 Å². The average Bonchev–Trinajstić information content (AvgIpc) is 2.19. The summed E-state index contributed by atoms with van der Waals surface area (Å²) in [5, 5.41) is 8.83. The van der Waals surface area contributed by atoms with E-state index in [1.807, 2.05) is 0 Å². The Hall–Kier alpha value is -1.16. The van der Waals surface area contributed by atoms with Gasteiger partial charge in [0.1, 0.15) is 11.3 Å². The van der Waals surface area contributed by atoms with Crippen LogP contribution in [0.1, 0.15) is 16.8 Å². The van der Waals surface area contributed by atoms with Crippen LogP contribution in [0.25, 0.3) is 0 Å². The molecule has 0 amide bonds. The lowest BCUT2D eigenvalue weighted by molar-refractivity contribution is 0.0692. The summed E-state index contributed by atoms with van der Waals surface area (Å²) in [4.78, 5) is 10.8. The smallest absolute Gasteiger partial charge is 0.339 e. The maximum atomic E-state index is 10.8. The third-order valence-electron chi connectivity index (χ3n) is 1.68. The molecule has 0 saturated carbocycles. The van der Waals surface area contributed by atoms with Crippen molar-refractivity contribution in [3.63, 3.8) is 0 Å². The van der Waals surface area contributed by atoms with Gasteiger partial charge in [-0.1, -0.05) is 12.1 Å². The molecular formula is C10H12O3S. The van der Waals surface area contributed by atoms with Crippen molar-refractivity contribution in [1.29, 1.82) is 0 Å². The molecule has 0 fully saturated rings. The Kier molecular flexibility index (Phi) is 4.32. The van der Waals surface area contributed by atoms with E-state index in [-0.39, 0.29) is 5.56 Å². The van der Waals surface area contributed by atoms with Crippen molar-refractivity contribution in [2.45, 2.75) is 6.42 Å².